The fraction of sp³-hybridized carbons (Fsp3) is 0.440. The molecule has 1 aromatic heterocycles. The highest BCUT2D eigenvalue weighted by atomic mass is 35.5. The van der Waals surface area contributed by atoms with Gasteiger partial charge < -0.3 is 15.3 Å². The maximum absolute atomic E-state index is 13.8. The van der Waals surface area contributed by atoms with Crippen LogP contribution in [0.5, 0.6) is 0 Å². The van der Waals surface area contributed by atoms with Gasteiger partial charge in [0.1, 0.15) is 0 Å². The minimum Gasteiger partial charge on any atom is -0.481 e. The molecule has 1 saturated carbocycles. The van der Waals surface area contributed by atoms with Crippen molar-refractivity contribution in [3.8, 4) is 0 Å². The van der Waals surface area contributed by atoms with Crippen molar-refractivity contribution in [1.29, 1.82) is 0 Å². The summed E-state index contributed by atoms with van der Waals surface area (Å²) in [5.74, 6) is -2.44. The fourth-order valence-electron chi connectivity index (χ4n) is 5.09. The number of hydrogen-bond acceptors (Lipinski definition) is 6. The number of sulfonamides is 1. The van der Waals surface area contributed by atoms with E-state index in [1.165, 1.54) is 47.6 Å². The van der Waals surface area contributed by atoms with Crippen molar-refractivity contribution < 1.29 is 27.9 Å². The highest BCUT2D eigenvalue weighted by molar-refractivity contribution is 7.89. The number of aromatic nitrogens is 1. The van der Waals surface area contributed by atoms with Gasteiger partial charge >= 0.3 is 5.97 Å². The van der Waals surface area contributed by atoms with Crippen LogP contribution in [-0.4, -0.2) is 70.8 Å². The second-order valence-corrected chi connectivity index (χ2v) is 12.1. The summed E-state index contributed by atoms with van der Waals surface area (Å²) in [6.45, 7) is -0.197. The minimum atomic E-state index is -4.30. The van der Waals surface area contributed by atoms with Gasteiger partial charge in [-0.05, 0) is 49.1 Å². The average Bonchev–Trinajstić information content (AvgIpc) is 3.36. The molecule has 0 bridgehead atoms. The average molecular weight is 583 g/mol. The number of carboxylic acids is 1. The van der Waals surface area contributed by atoms with E-state index in [0.717, 1.165) is 36.4 Å². The first-order valence-corrected chi connectivity index (χ1v) is 14.5. The van der Waals surface area contributed by atoms with Crippen molar-refractivity contribution in [1.82, 2.24) is 19.5 Å². The molecular formula is C25H28Cl2N4O6S. The van der Waals surface area contributed by atoms with Gasteiger partial charge in [-0.2, -0.15) is 4.31 Å². The number of aliphatic carboxylic acids is 1. The summed E-state index contributed by atoms with van der Waals surface area (Å²) in [6, 6.07) is 6.06. The van der Waals surface area contributed by atoms with Gasteiger partial charge in [0.15, 0.2) is 6.17 Å². The van der Waals surface area contributed by atoms with Crippen LogP contribution in [0.3, 0.4) is 0 Å². The molecule has 13 heteroatoms. The molecule has 204 valence electrons. The first-order valence-electron chi connectivity index (χ1n) is 12.3. The topological polar surface area (TPSA) is 137 Å². The van der Waals surface area contributed by atoms with Gasteiger partial charge in [-0.3, -0.25) is 19.4 Å². The molecule has 10 nitrogen and oxygen atoms in total. The van der Waals surface area contributed by atoms with Crippen LogP contribution in [0.2, 0.25) is 10.0 Å². The molecule has 0 spiro atoms. The third kappa shape index (κ3) is 6.12. The number of nitrogens with zero attached hydrogens (tertiary/aromatic N) is 3. The first kappa shape index (κ1) is 28.3. The molecule has 2 heterocycles. The monoisotopic (exact) mass is 582 g/mol. The Balaban J connectivity index is 1.69. The number of amides is 2. The predicted molar refractivity (Wildman–Crippen MR) is 140 cm³/mol. The zero-order chi connectivity index (χ0) is 27.4. The second-order valence-electron chi connectivity index (χ2n) is 9.41. The lowest BCUT2D eigenvalue weighted by Crippen LogP contribution is -2.56. The molecule has 0 radical (unpaired) electrons. The molecule has 2 unspecified atom stereocenters. The van der Waals surface area contributed by atoms with Gasteiger partial charge in [0.05, 0.1) is 21.4 Å². The van der Waals surface area contributed by atoms with Crippen LogP contribution >= 0.6 is 23.2 Å². The maximum Gasteiger partial charge on any atom is 0.305 e. The molecule has 1 aliphatic heterocycles. The number of carboxylic acid groups (broad SMARTS) is 1. The molecule has 1 aromatic carbocycles. The SMILES string of the molecule is O=C(O)CC(NC(=O)C1N(C(=O)c2ccncc2)CCN1S(=O)(=O)c1ccc(Cl)c(Cl)c1)C1CCCCC1. The van der Waals surface area contributed by atoms with E-state index in [1.807, 2.05) is 0 Å². The van der Waals surface area contributed by atoms with Crippen LogP contribution in [0.4, 0.5) is 0 Å². The molecule has 2 atom stereocenters. The van der Waals surface area contributed by atoms with E-state index in [-0.39, 0.29) is 45.9 Å². The summed E-state index contributed by atoms with van der Waals surface area (Å²) < 4.78 is 28.3. The zero-order valence-corrected chi connectivity index (χ0v) is 22.8. The molecule has 1 saturated heterocycles. The number of hydrogen-bond donors (Lipinski definition) is 2. The zero-order valence-electron chi connectivity index (χ0n) is 20.4. The van der Waals surface area contributed by atoms with Crippen molar-refractivity contribution in [2.24, 2.45) is 5.92 Å². The molecule has 38 heavy (non-hydrogen) atoms. The molecule has 2 N–H and O–H groups in total. The molecule has 2 amide bonds. The minimum absolute atomic E-state index is 0.0245. The standard InChI is InChI=1S/C25H28Cl2N4O6S/c26-19-7-6-18(14-20(19)27)38(36,37)31-13-12-30(25(35)17-8-10-28-11-9-17)24(31)23(34)29-21(15-22(32)33)16-4-2-1-3-5-16/h6-11,14,16,21,24H,1-5,12-13,15H2,(H,29,34)(H,32,33). The smallest absolute Gasteiger partial charge is 0.305 e. The van der Waals surface area contributed by atoms with Crippen molar-refractivity contribution in [3.05, 3.63) is 58.3 Å². The van der Waals surface area contributed by atoms with Crippen LogP contribution in [-0.2, 0) is 19.6 Å². The third-order valence-electron chi connectivity index (χ3n) is 6.99. The Morgan fingerprint density at radius 3 is 2.34 bits per heavy atom. The number of halogens is 2. The molecule has 2 aliphatic rings. The lowest BCUT2D eigenvalue weighted by Gasteiger charge is -2.34. The number of nitrogens with one attached hydrogen (secondary N) is 1. The Morgan fingerprint density at radius 2 is 1.71 bits per heavy atom. The van der Waals surface area contributed by atoms with Gasteiger partial charge in [0, 0.05) is 37.1 Å². The fourth-order valence-corrected chi connectivity index (χ4v) is 7.03. The molecule has 1 aliphatic carbocycles. The van der Waals surface area contributed by atoms with Crippen LogP contribution in [0.1, 0.15) is 48.9 Å². The van der Waals surface area contributed by atoms with Crippen molar-refractivity contribution in [2.45, 2.75) is 55.6 Å². The summed E-state index contributed by atoms with van der Waals surface area (Å²) in [4.78, 5) is 43.7. The Morgan fingerprint density at radius 1 is 1.03 bits per heavy atom. The number of carbonyl (C=O) groups excluding carboxylic acids is 2. The Labute approximate surface area is 231 Å². The van der Waals surface area contributed by atoms with Crippen LogP contribution < -0.4 is 5.32 Å². The summed E-state index contributed by atoms with van der Waals surface area (Å²) in [5.41, 5.74) is 0.237. The van der Waals surface area contributed by atoms with Crippen molar-refractivity contribution >= 4 is 51.0 Å². The van der Waals surface area contributed by atoms with Crippen LogP contribution in [0, 0.1) is 5.92 Å². The third-order valence-corrected chi connectivity index (χ3v) is 9.58. The van der Waals surface area contributed by atoms with Gasteiger partial charge in [-0.1, -0.05) is 42.5 Å². The van der Waals surface area contributed by atoms with Crippen molar-refractivity contribution in [2.75, 3.05) is 13.1 Å². The van der Waals surface area contributed by atoms with E-state index in [9.17, 15) is 27.9 Å². The van der Waals surface area contributed by atoms with E-state index in [0.29, 0.717) is 0 Å². The quantitative estimate of drug-likeness (QED) is 0.486. The normalized spacial score (nSPS) is 19.7. The van der Waals surface area contributed by atoms with E-state index < -0.39 is 40.0 Å². The van der Waals surface area contributed by atoms with E-state index in [1.54, 1.807) is 0 Å². The predicted octanol–water partition coefficient (Wildman–Crippen LogP) is 3.40. The van der Waals surface area contributed by atoms with Gasteiger partial charge in [0.25, 0.3) is 11.8 Å². The largest absolute Gasteiger partial charge is 0.481 e. The van der Waals surface area contributed by atoms with Gasteiger partial charge in [-0.15, -0.1) is 0 Å². The maximum atomic E-state index is 13.8. The lowest BCUT2D eigenvalue weighted by molar-refractivity contribution is -0.138. The second kappa shape index (κ2) is 12.0. The highest BCUT2D eigenvalue weighted by Gasteiger charge is 2.47. The lowest BCUT2D eigenvalue weighted by atomic mass is 9.82. The van der Waals surface area contributed by atoms with E-state index in [4.69, 9.17) is 23.2 Å². The summed E-state index contributed by atoms with van der Waals surface area (Å²) >= 11 is 12.0. The Kier molecular flexibility index (Phi) is 8.92. The Bertz CT molecular complexity index is 1300. The van der Waals surface area contributed by atoms with E-state index in [2.05, 4.69) is 10.3 Å². The number of pyridine rings is 1. The molecular weight excluding hydrogens is 555 g/mol. The number of rotatable bonds is 8. The Hall–Kier alpha value is -2.73. The number of benzene rings is 1. The summed E-state index contributed by atoms with van der Waals surface area (Å²) in [5, 5.41) is 12.5. The van der Waals surface area contributed by atoms with Crippen LogP contribution in [0.15, 0.2) is 47.6 Å². The van der Waals surface area contributed by atoms with Gasteiger partial charge in [0.2, 0.25) is 10.0 Å². The molecule has 2 aromatic rings. The van der Waals surface area contributed by atoms with Crippen molar-refractivity contribution in [3.63, 3.8) is 0 Å². The summed E-state index contributed by atoms with van der Waals surface area (Å²) in [7, 11) is -4.30. The molecule has 4 rings (SSSR count). The van der Waals surface area contributed by atoms with E-state index >= 15 is 0 Å². The van der Waals surface area contributed by atoms with Gasteiger partial charge in [-0.25, -0.2) is 8.42 Å². The first-order chi connectivity index (χ1) is 18.1. The molecule has 2 fully saturated rings. The summed E-state index contributed by atoms with van der Waals surface area (Å²) in [6.07, 6.45) is 5.41. The highest BCUT2D eigenvalue weighted by Crippen LogP contribution is 2.32. The van der Waals surface area contributed by atoms with Crippen LogP contribution in [0.25, 0.3) is 0 Å². The number of carbonyl (C=O) groups is 3.